The minimum atomic E-state index is -3.73. The summed E-state index contributed by atoms with van der Waals surface area (Å²) in [5.74, 6) is 0. The van der Waals surface area contributed by atoms with Crippen LogP contribution in [-0.4, -0.2) is 44.3 Å². The van der Waals surface area contributed by atoms with Crippen molar-refractivity contribution in [1.82, 2.24) is 9.29 Å². The molecule has 1 aromatic heterocycles. The molecule has 1 heterocycles. The number of aliphatic hydroxyl groups excluding tert-OH is 1. The van der Waals surface area contributed by atoms with Crippen LogP contribution in [0.5, 0.6) is 0 Å². The Morgan fingerprint density at radius 1 is 1.48 bits per heavy atom. The molecule has 0 aliphatic heterocycles. The van der Waals surface area contributed by atoms with Crippen LogP contribution in [0.25, 0.3) is 0 Å². The number of nitrogens with one attached hydrogen (secondary N) is 1. The Bertz CT molecular complexity index is 570. The van der Waals surface area contributed by atoms with E-state index >= 15 is 0 Å². The number of aliphatic hydroxyl groups is 1. The molecule has 2 rings (SSSR count). The van der Waals surface area contributed by atoms with E-state index in [9.17, 15) is 22.3 Å². The average Bonchev–Trinajstić information content (AvgIpc) is 3.16. The summed E-state index contributed by atoms with van der Waals surface area (Å²) in [6.07, 6.45) is 0.860. The monoisotopic (exact) mass is 324 g/mol. The molecule has 120 valence electrons. The fourth-order valence-electron chi connectivity index (χ4n) is 1.97. The molecule has 0 atom stereocenters. The highest BCUT2D eigenvalue weighted by Gasteiger charge is 2.27. The van der Waals surface area contributed by atoms with Crippen molar-refractivity contribution >= 4 is 10.0 Å². The van der Waals surface area contributed by atoms with E-state index in [1.807, 2.05) is 0 Å². The van der Waals surface area contributed by atoms with Gasteiger partial charge in [-0.2, -0.15) is 0 Å². The Morgan fingerprint density at radius 3 is 2.76 bits per heavy atom. The van der Waals surface area contributed by atoms with Gasteiger partial charge in [0.25, 0.3) is 6.43 Å². The maximum atomic E-state index is 12.0. The Morgan fingerprint density at radius 2 is 2.19 bits per heavy atom. The zero-order chi connectivity index (χ0) is 15.5. The molecule has 9 heteroatoms. The molecule has 0 radical (unpaired) electrons. The van der Waals surface area contributed by atoms with Gasteiger partial charge in [-0.3, -0.25) is 0 Å². The number of alkyl halides is 2. The molecule has 1 aliphatic rings. The van der Waals surface area contributed by atoms with E-state index in [1.54, 1.807) is 4.57 Å². The van der Waals surface area contributed by atoms with Gasteiger partial charge in [-0.25, -0.2) is 21.9 Å². The first-order chi connectivity index (χ1) is 9.94. The van der Waals surface area contributed by atoms with Crippen LogP contribution in [-0.2, 0) is 21.4 Å². The first-order valence-electron chi connectivity index (χ1n) is 6.61. The highest BCUT2D eigenvalue weighted by atomic mass is 32.2. The van der Waals surface area contributed by atoms with Gasteiger partial charge in [-0.15, -0.1) is 0 Å². The summed E-state index contributed by atoms with van der Waals surface area (Å²) in [7, 11) is -3.73. The van der Waals surface area contributed by atoms with Crippen LogP contribution in [0.15, 0.2) is 17.2 Å². The maximum absolute atomic E-state index is 12.0. The standard InChI is InChI=1S/C12H18F2N2O4S/c13-12(14)8-20-4-3-15-21(18,19)11-5-10(7-17)16(6-11)9-1-2-9/h5-6,9,12,15,17H,1-4,7-8H2. The molecule has 2 N–H and O–H groups in total. The Balaban J connectivity index is 1.93. The molecule has 1 fully saturated rings. The number of hydrogen-bond donors (Lipinski definition) is 2. The highest BCUT2D eigenvalue weighted by molar-refractivity contribution is 7.89. The zero-order valence-electron chi connectivity index (χ0n) is 11.3. The molecule has 1 saturated carbocycles. The summed E-state index contributed by atoms with van der Waals surface area (Å²) in [6, 6.07) is 1.67. The van der Waals surface area contributed by atoms with Crippen molar-refractivity contribution in [3.8, 4) is 0 Å². The number of nitrogens with zero attached hydrogens (tertiary/aromatic N) is 1. The smallest absolute Gasteiger partial charge is 0.261 e. The van der Waals surface area contributed by atoms with Gasteiger partial charge in [0, 0.05) is 24.5 Å². The molecule has 21 heavy (non-hydrogen) atoms. The van der Waals surface area contributed by atoms with Crippen molar-refractivity contribution in [3.63, 3.8) is 0 Å². The summed E-state index contributed by atoms with van der Waals surface area (Å²) in [5, 5.41) is 9.25. The van der Waals surface area contributed by atoms with Crippen molar-refractivity contribution in [1.29, 1.82) is 0 Å². The van der Waals surface area contributed by atoms with Gasteiger partial charge in [-0.05, 0) is 18.9 Å². The van der Waals surface area contributed by atoms with Gasteiger partial charge in [0.2, 0.25) is 10.0 Å². The third-order valence-corrected chi connectivity index (χ3v) is 4.53. The van der Waals surface area contributed by atoms with Crippen LogP contribution in [0.4, 0.5) is 8.78 Å². The minimum absolute atomic E-state index is 0.0623. The molecule has 0 amide bonds. The van der Waals surface area contributed by atoms with Crippen LogP contribution in [0.2, 0.25) is 0 Å². The van der Waals surface area contributed by atoms with Gasteiger partial charge in [-0.1, -0.05) is 0 Å². The van der Waals surface area contributed by atoms with E-state index in [0.29, 0.717) is 5.69 Å². The third kappa shape index (κ3) is 4.47. The van der Waals surface area contributed by atoms with Gasteiger partial charge < -0.3 is 14.4 Å². The first kappa shape index (κ1) is 16.3. The second kappa shape index (κ2) is 6.82. The van der Waals surface area contributed by atoms with Crippen molar-refractivity contribution in [3.05, 3.63) is 18.0 Å². The number of sulfonamides is 1. The molecule has 1 aromatic rings. The fraction of sp³-hybridized carbons (Fsp3) is 0.667. The number of ether oxygens (including phenoxy) is 1. The van der Waals surface area contributed by atoms with E-state index in [4.69, 9.17) is 0 Å². The predicted molar refractivity (Wildman–Crippen MR) is 70.6 cm³/mol. The lowest BCUT2D eigenvalue weighted by Crippen LogP contribution is -2.27. The Labute approximate surface area is 121 Å². The van der Waals surface area contributed by atoms with Gasteiger partial charge in [0.05, 0.1) is 18.1 Å². The highest BCUT2D eigenvalue weighted by Crippen LogP contribution is 2.37. The van der Waals surface area contributed by atoms with Gasteiger partial charge in [0.1, 0.15) is 6.61 Å². The Kier molecular flexibility index (Phi) is 5.31. The SMILES string of the molecule is O=S(=O)(NCCOCC(F)F)c1cc(CO)n(C2CC2)c1. The number of hydrogen-bond acceptors (Lipinski definition) is 4. The summed E-state index contributed by atoms with van der Waals surface area (Å²) >= 11 is 0. The number of halogens is 2. The summed E-state index contributed by atoms with van der Waals surface area (Å²) in [5.41, 5.74) is 0.548. The van der Waals surface area contributed by atoms with E-state index in [2.05, 4.69) is 9.46 Å². The maximum Gasteiger partial charge on any atom is 0.261 e. The molecule has 0 spiro atoms. The lowest BCUT2D eigenvalue weighted by Gasteiger charge is -2.06. The Hall–Kier alpha value is -1.03. The van der Waals surface area contributed by atoms with Crippen LogP contribution in [0, 0.1) is 0 Å². The van der Waals surface area contributed by atoms with Gasteiger partial charge in [0.15, 0.2) is 0 Å². The fourth-order valence-corrected chi connectivity index (χ4v) is 3.03. The molecule has 0 bridgehead atoms. The average molecular weight is 324 g/mol. The molecular formula is C12H18F2N2O4S. The third-order valence-electron chi connectivity index (χ3n) is 3.10. The lowest BCUT2D eigenvalue weighted by atomic mass is 10.4. The zero-order valence-corrected chi connectivity index (χ0v) is 12.2. The molecule has 1 aliphatic carbocycles. The van der Waals surface area contributed by atoms with Crippen molar-refractivity contribution in [2.75, 3.05) is 19.8 Å². The molecular weight excluding hydrogens is 306 g/mol. The van der Waals surface area contributed by atoms with E-state index < -0.39 is 23.1 Å². The largest absolute Gasteiger partial charge is 0.390 e. The van der Waals surface area contributed by atoms with Crippen molar-refractivity contribution < 1.29 is 27.0 Å². The second-order valence-electron chi connectivity index (χ2n) is 4.83. The number of rotatable bonds is 9. The first-order valence-corrected chi connectivity index (χ1v) is 8.09. The normalized spacial score (nSPS) is 15.8. The van der Waals surface area contributed by atoms with E-state index in [0.717, 1.165) is 12.8 Å². The second-order valence-corrected chi connectivity index (χ2v) is 6.59. The van der Waals surface area contributed by atoms with Crippen LogP contribution in [0.1, 0.15) is 24.6 Å². The van der Waals surface area contributed by atoms with E-state index in [1.165, 1.54) is 12.3 Å². The topological polar surface area (TPSA) is 80.6 Å². The predicted octanol–water partition coefficient (Wildman–Crippen LogP) is 0.875. The molecule has 0 unspecified atom stereocenters. The minimum Gasteiger partial charge on any atom is -0.390 e. The van der Waals surface area contributed by atoms with Crippen molar-refractivity contribution in [2.45, 2.75) is 36.8 Å². The number of aromatic nitrogens is 1. The molecule has 0 aromatic carbocycles. The van der Waals surface area contributed by atoms with Gasteiger partial charge >= 0.3 is 0 Å². The van der Waals surface area contributed by atoms with Crippen LogP contribution in [0.3, 0.4) is 0 Å². The molecule has 6 nitrogen and oxygen atoms in total. The van der Waals surface area contributed by atoms with Crippen LogP contribution < -0.4 is 4.72 Å². The summed E-state index contributed by atoms with van der Waals surface area (Å²) in [6.45, 7) is -1.16. The van der Waals surface area contributed by atoms with Crippen molar-refractivity contribution in [2.24, 2.45) is 0 Å². The quantitative estimate of drug-likeness (QED) is 0.661. The van der Waals surface area contributed by atoms with E-state index in [-0.39, 0.29) is 30.7 Å². The summed E-state index contributed by atoms with van der Waals surface area (Å²) in [4.78, 5) is 0.0623. The lowest BCUT2D eigenvalue weighted by molar-refractivity contribution is 0.0199. The van der Waals surface area contributed by atoms with Crippen LogP contribution >= 0.6 is 0 Å². The molecule has 0 saturated heterocycles. The summed E-state index contributed by atoms with van der Waals surface area (Å²) < 4.78 is 56.4.